The third kappa shape index (κ3) is 6.35. The molecule has 11 heteroatoms. The van der Waals surface area contributed by atoms with Crippen LogP contribution in [0.25, 0.3) is 0 Å². The summed E-state index contributed by atoms with van der Waals surface area (Å²) in [6.07, 6.45) is 6.90. The van der Waals surface area contributed by atoms with Crippen molar-refractivity contribution in [2.24, 2.45) is 16.3 Å². The van der Waals surface area contributed by atoms with Crippen LogP contribution in [0.15, 0.2) is 4.99 Å². The van der Waals surface area contributed by atoms with Crippen LogP contribution < -0.4 is 10.6 Å². The largest absolute Gasteiger partial charge is 0.511 e. The second-order valence-electron chi connectivity index (χ2n) is 7.66. The van der Waals surface area contributed by atoms with E-state index in [0.29, 0.717) is 35.1 Å². The van der Waals surface area contributed by atoms with E-state index in [2.05, 4.69) is 22.5 Å². The predicted octanol–water partition coefficient (Wildman–Crippen LogP) is 3.30. The molecule has 0 aromatic rings. The Morgan fingerprint density at radius 3 is 2.21 bits per heavy atom. The van der Waals surface area contributed by atoms with Crippen molar-refractivity contribution in [3.8, 4) is 0 Å². The molecule has 2 fully saturated rings. The maximum absolute atomic E-state index is 12.6. The summed E-state index contributed by atoms with van der Waals surface area (Å²) >= 11 is 0. The maximum atomic E-state index is 12.6. The van der Waals surface area contributed by atoms with Crippen LogP contribution >= 0.6 is 24.0 Å². The second kappa shape index (κ2) is 10.6. The summed E-state index contributed by atoms with van der Waals surface area (Å²) in [5, 5.41) is 6.62. The molecule has 2 N–H and O–H groups in total. The normalized spacial score (nSPS) is 22.0. The minimum absolute atomic E-state index is 0. The summed E-state index contributed by atoms with van der Waals surface area (Å²) < 4.78 is 61.3. The number of sulfonamides is 1. The first-order valence-electron chi connectivity index (χ1n) is 9.64. The molecule has 1 aliphatic carbocycles. The third-order valence-electron chi connectivity index (χ3n) is 6.03. The molecule has 0 aromatic carbocycles. The van der Waals surface area contributed by atoms with Crippen LogP contribution in [0.4, 0.5) is 13.2 Å². The first kappa shape index (κ1) is 25.7. The van der Waals surface area contributed by atoms with Crippen molar-refractivity contribution in [1.29, 1.82) is 0 Å². The highest BCUT2D eigenvalue weighted by atomic mass is 127. The van der Waals surface area contributed by atoms with E-state index in [1.54, 1.807) is 7.05 Å². The standard InChI is InChI=1S/C17H31F3N4O2S.HI/c1-3-16(8-4-5-9-16)13-23-15(21-2)22-12-14-6-10-24(11-7-14)27(25,26)17(18,19)20;/h14H,3-13H2,1-2H3,(H2,21,22,23);1H. The molecule has 0 aromatic heterocycles. The van der Waals surface area contributed by atoms with Crippen LogP contribution in [-0.4, -0.2) is 57.4 Å². The van der Waals surface area contributed by atoms with E-state index in [0.717, 1.165) is 13.0 Å². The van der Waals surface area contributed by atoms with Gasteiger partial charge in [0.05, 0.1) is 0 Å². The molecule has 1 saturated heterocycles. The highest BCUT2D eigenvalue weighted by Crippen LogP contribution is 2.40. The first-order chi connectivity index (χ1) is 12.6. The van der Waals surface area contributed by atoms with Crippen LogP contribution in [0, 0.1) is 11.3 Å². The van der Waals surface area contributed by atoms with Crippen molar-refractivity contribution in [2.75, 3.05) is 33.2 Å². The lowest BCUT2D eigenvalue weighted by Gasteiger charge is -2.32. The van der Waals surface area contributed by atoms with Crippen LogP contribution in [0.2, 0.25) is 0 Å². The van der Waals surface area contributed by atoms with E-state index < -0.39 is 15.5 Å². The van der Waals surface area contributed by atoms with Gasteiger partial charge in [-0.3, -0.25) is 4.99 Å². The Balaban J connectivity index is 0.00000392. The highest BCUT2D eigenvalue weighted by Gasteiger charge is 2.50. The average molecular weight is 540 g/mol. The fraction of sp³-hybridized carbons (Fsp3) is 0.941. The minimum atomic E-state index is -5.22. The number of alkyl halides is 3. The van der Waals surface area contributed by atoms with E-state index in [1.807, 2.05) is 0 Å². The average Bonchev–Trinajstić information content (AvgIpc) is 3.11. The summed E-state index contributed by atoms with van der Waals surface area (Å²) in [5.41, 5.74) is -4.89. The van der Waals surface area contributed by atoms with Gasteiger partial charge in [0.2, 0.25) is 0 Å². The van der Waals surface area contributed by atoms with Gasteiger partial charge in [-0.25, -0.2) is 8.42 Å². The maximum Gasteiger partial charge on any atom is 0.511 e. The van der Waals surface area contributed by atoms with Gasteiger partial charge < -0.3 is 10.6 Å². The SMILES string of the molecule is CCC1(CNC(=NC)NCC2CCN(S(=O)(=O)C(F)(F)F)CC2)CCCC1.I. The van der Waals surface area contributed by atoms with Gasteiger partial charge >= 0.3 is 15.5 Å². The molecule has 1 heterocycles. The molecule has 0 bridgehead atoms. The molecule has 1 aliphatic heterocycles. The number of rotatable bonds is 6. The van der Waals surface area contributed by atoms with E-state index in [4.69, 9.17) is 0 Å². The van der Waals surface area contributed by atoms with Crippen LogP contribution in [-0.2, 0) is 10.0 Å². The molecule has 28 heavy (non-hydrogen) atoms. The van der Waals surface area contributed by atoms with Gasteiger partial charge in [0.15, 0.2) is 5.96 Å². The Hall–Kier alpha value is -0.300. The molecule has 0 amide bonds. The second-order valence-corrected chi connectivity index (χ2v) is 9.59. The van der Waals surface area contributed by atoms with Crippen molar-refractivity contribution in [1.82, 2.24) is 14.9 Å². The molecule has 0 atom stereocenters. The summed E-state index contributed by atoms with van der Waals surface area (Å²) in [4.78, 5) is 4.22. The van der Waals surface area contributed by atoms with Gasteiger partial charge in [0.1, 0.15) is 0 Å². The lowest BCUT2D eigenvalue weighted by Crippen LogP contribution is -2.48. The molecule has 6 nitrogen and oxygen atoms in total. The predicted molar refractivity (Wildman–Crippen MR) is 115 cm³/mol. The summed E-state index contributed by atoms with van der Waals surface area (Å²) in [5.74, 6) is 0.815. The van der Waals surface area contributed by atoms with E-state index in [-0.39, 0.29) is 43.0 Å². The molecule has 166 valence electrons. The fourth-order valence-corrected chi connectivity index (χ4v) is 5.00. The number of hydrogen-bond acceptors (Lipinski definition) is 3. The molecule has 2 rings (SSSR count). The van der Waals surface area contributed by atoms with Crippen LogP contribution in [0.5, 0.6) is 0 Å². The zero-order chi connectivity index (χ0) is 20.1. The lowest BCUT2D eigenvalue weighted by molar-refractivity contribution is -0.0496. The first-order valence-corrected chi connectivity index (χ1v) is 11.1. The Morgan fingerprint density at radius 2 is 1.75 bits per heavy atom. The Labute approximate surface area is 183 Å². The quantitative estimate of drug-likeness (QED) is 0.308. The third-order valence-corrected chi connectivity index (χ3v) is 7.66. The van der Waals surface area contributed by atoms with Gasteiger partial charge in [-0.1, -0.05) is 19.8 Å². The summed E-state index contributed by atoms with van der Waals surface area (Å²) in [7, 11) is -3.51. The number of hydrogen-bond donors (Lipinski definition) is 2. The molecule has 0 radical (unpaired) electrons. The lowest BCUT2D eigenvalue weighted by atomic mass is 9.83. The van der Waals surface area contributed by atoms with E-state index in [1.165, 1.54) is 25.7 Å². The van der Waals surface area contributed by atoms with E-state index in [9.17, 15) is 21.6 Å². The van der Waals surface area contributed by atoms with Crippen molar-refractivity contribution < 1.29 is 21.6 Å². The molecule has 1 saturated carbocycles. The Bertz CT molecular complexity index is 614. The highest BCUT2D eigenvalue weighted by molar-refractivity contribution is 14.0. The van der Waals surface area contributed by atoms with Crippen molar-refractivity contribution in [3.63, 3.8) is 0 Å². The number of nitrogens with zero attached hydrogens (tertiary/aromatic N) is 2. The Morgan fingerprint density at radius 1 is 1.18 bits per heavy atom. The molecule has 0 spiro atoms. The molecule has 2 aliphatic rings. The Kier molecular flexibility index (Phi) is 9.79. The molecular formula is C17H32F3IN4O2S. The number of halogens is 4. The van der Waals surface area contributed by atoms with Crippen LogP contribution in [0.1, 0.15) is 51.9 Å². The van der Waals surface area contributed by atoms with E-state index >= 15 is 0 Å². The molecule has 0 unspecified atom stereocenters. The van der Waals surface area contributed by atoms with Gasteiger partial charge in [0, 0.05) is 33.2 Å². The summed E-state index contributed by atoms with van der Waals surface area (Å²) in [6, 6.07) is 0. The minimum Gasteiger partial charge on any atom is -0.356 e. The number of piperidine rings is 1. The van der Waals surface area contributed by atoms with Gasteiger partial charge in [-0.05, 0) is 43.4 Å². The van der Waals surface area contributed by atoms with Crippen LogP contribution in [0.3, 0.4) is 0 Å². The monoisotopic (exact) mass is 540 g/mol. The topological polar surface area (TPSA) is 73.8 Å². The number of guanidine groups is 1. The zero-order valence-electron chi connectivity index (χ0n) is 16.5. The smallest absolute Gasteiger partial charge is 0.356 e. The van der Waals surface area contributed by atoms with Gasteiger partial charge in [0.25, 0.3) is 0 Å². The van der Waals surface area contributed by atoms with Crippen molar-refractivity contribution >= 4 is 40.0 Å². The number of nitrogens with one attached hydrogen (secondary N) is 2. The molecular weight excluding hydrogens is 508 g/mol. The van der Waals surface area contributed by atoms with Gasteiger partial charge in [-0.2, -0.15) is 17.5 Å². The van der Waals surface area contributed by atoms with Crippen molar-refractivity contribution in [2.45, 2.75) is 57.4 Å². The zero-order valence-corrected chi connectivity index (χ0v) is 19.7. The van der Waals surface area contributed by atoms with Gasteiger partial charge in [-0.15, -0.1) is 24.0 Å². The summed E-state index contributed by atoms with van der Waals surface area (Å²) in [6.45, 7) is 3.45. The number of aliphatic imine (C=N–C) groups is 1. The van der Waals surface area contributed by atoms with Crippen molar-refractivity contribution in [3.05, 3.63) is 0 Å². The fourth-order valence-electron chi connectivity index (χ4n) is 4.01.